The number of carbonyl (C=O) groups excluding carboxylic acids is 1. The van der Waals surface area contributed by atoms with Crippen molar-refractivity contribution >= 4 is 17.1 Å². The van der Waals surface area contributed by atoms with E-state index in [4.69, 9.17) is 0 Å². The maximum absolute atomic E-state index is 11.5. The monoisotopic (exact) mass is 235 g/mol. The lowest BCUT2D eigenvalue weighted by Crippen LogP contribution is -2.41. The first-order valence-electron chi connectivity index (χ1n) is 6.14. The van der Waals surface area contributed by atoms with Gasteiger partial charge in [0.1, 0.15) is 5.78 Å². The average Bonchev–Trinajstić information content (AvgIpc) is 2.75. The summed E-state index contributed by atoms with van der Waals surface area (Å²) in [6, 6.07) is 2.77. The summed E-state index contributed by atoms with van der Waals surface area (Å²) in [7, 11) is 0. The molecule has 2 aliphatic rings. The van der Waals surface area contributed by atoms with Gasteiger partial charge in [-0.3, -0.25) is 9.69 Å². The first-order valence-corrected chi connectivity index (χ1v) is 7.02. The molecule has 1 aliphatic heterocycles. The Labute approximate surface area is 100 Å². The summed E-state index contributed by atoms with van der Waals surface area (Å²) < 4.78 is 0. The third-order valence-electron chi connectivity index (χ3n) is 3.81. The summed E-state index contributed by atoms with van der Waals surface area (Å²) in [6.45, 7) is 2.21. The standard InChI is InChI=1S/C13H17NOS/c15-12-3-1-2-11(8-12)14-6-4-13-10(9-14)5-7-16-13/h5,7,11H,1-4,6,8-9H2. The Bertz CT molecular complexity index is 398. The molecule has 1 aromatic heterocycles. The van der Waals surface area contributed by atoms with Crippen molar-refractivity contribution in [1.82, 2.24) is 4.90 Å². The molecule has 0 bridgehead atoms. The van der Waals surface area contributed by atoms with Gasteiger partial charge in [-0.05, 0) is 36.3 Å². The van der Waals surface area contributed by atoms with E-state index in [1.54, 1.807) is 4.88 Å². The van der Waals surface area contributed by atoms with Gasteiger partial charge in [-0.2, -0.15) is 0 Å². The fourth-order valence-electron chi connectivity index (χ4n) is 2.90. The largest absolute Gasteiger partial charge is 0.300 e. The van der Waals surface area contributed by atoms with E-state index in [-0.39, 0.29) is 0 Å². The van der Waals surface area contributed by atoms with Gasteiger partial charge in [-0.15, -0.1) is 11.3 Å². The molecule has 0 radical (unpaired) electrons. The summed E-state index contributed by atoms with van der Waals surface area (Å²) in [4.78, 5) is 15.6. The summed E-state index contributed by atoms with van der Waals surface area (Å²) in [6.07, 6.45) is 5.09. The number of hydrogen-bond donors (Lipinski definition) is 0. The van der Waals surface area contributed by atoms with E-state index >= 15 is 0 Å². The Morgan fingerprint density at radius 3 is 3.19 bits per heavy atom. The van der Waals surface area contributed by atoms with Gasteiger partial charge in [-0.25, -0.2) is 0 Å². The first kappa shape index (κ1) is 10.5. The molecule has 2 nitrogen and oxygen atoms in total. The van der Waals surface area contributed by atoms with Crippen LogP contribution in [0.1, 0.15) is 36.1 Å². The Balaban J connectivity index is 1.71. The fourth-order valence-corrected chi connectivity index (χ4v) is 3.79. The van der Waals surface area contributed by atoms with Gasteiger partial charge in [0.25, 0.3) is 0 Å². The predicted octanol–water partition coefficient (Wildman–Crippen LogP) is 2.62. The number of thiophene rings is 1. The van der Waals surface area contributed by atoms with Crippen LogP contribution >= 0.6 is 11.3 Å². The smallest absolute Gasteiger partial charge is 0.134 e. The van der Waals surface area contributed by atoms with E-state index in [1.165, 1.54) is 18.4 Å². The summed E-state index contributed by atoms with van der Waals surface area (Å²) in [5.74, 6) is 0.465. The molecule has 0 amide bonds. The summed E-state index contributed by atoms with van der Waals surface area (Å²) in [5, 5.41) is 2.19. The second kappa shape index (κ2) is 4.30. The molecule has 16 heavy (non-hydrogen) atoms. The normalized spacial score (nSPS) is 26.8. The molecule has 1 unspecified atom stereocenters. The molecule has 1 aliphatic carbocycles. The van der Waals surface area contributed by atoms with E-state index < -0.39 is 0 Å². The van der Waals surface area contributed by atoms with Crippen LogP contribution in [0.15, 0.2) is 11.4 Å². The predicted molar refractivity (Wildman–Crippen MR) is 65.7 cm³/mol. The van der Waals surface area contributed by atoms with Gasteiger partial charge in [0.05, 0.1) is 0 Å². The highest BCUT2D eigenvalue weighted by Gasteiger charge is 2.28. The molecule has 0 aromatic carbocycles. The van der Waals surface area contributed by atoms with Crippen LogP contribution in [0.4, 0.5) is 0 Å². The van der Waals surface area contributed by atoms with Gasteiger partial charge in [0.2, 0.25) is 0 Å². The number of Topliss-reactive ketones (excluding diaryl/α,β-unsaturated/α-hetero) is 1. The fraction of sp³-hybridized carbons (Fsp3) is 0.615. The van der Waals surface area contributed by atoms with Crippen molar-refractivity contribution in [2.75, 3.05) is 6.54 Å². The molecule has 0 spiro atoms. The lowest BCUT2D eigenvalue weighted by molar-refractivity contribution is -0.122. The highest BCUT2D eigenvalue weighted by atomic mass is 32.1. The molecular weight excluding hydrogens is 218 g/mol. The van der Waals surface area contributed by atoms with Gasteiger partial charge >= 0.3 is 0 Å². The SMILES string of the molecule is O=C1CCCC(N2CCc3sccc3C2)C1. The second-order valence-electron chi connectivity index (χ2n) is 4.88. The van der Waals surface area contributed by atoms with Crippen LogP contribution < -0.4 is 0 Å². The Hall–Kier alpha value is -0.670. The molecule has 3 rings (SSSR count). The number of rotatable bonds is 1. The topological polar surface area (TPSA) is 20.3 Å². The third-order valence-corrected chi connectivity index (χ3v) is 4.83. The van der Waals surface area contributed by atoms with Crippen molar-refractivity contribution in [1.29, 1.82) is 0 Å². The van der Waals surface area contributed by atoms with Crippen LogP contribution in [0, 0.1) is 0 Å². The summed E-state index contributed by atoms with van der Waals surface area (Å²) in [5.41, 5.74) is 1.49. The van der Waals surface area contributed by atoms with Gasteiger partial charge in [0, 0.05) is 36.9 Å². The van der Waals surface area contributed by atoms with Crippen molar-refractivity contribution in [3.05, 3.63) is 21.9 Å². The van der Waals surface area contributed by atoms with Crippen LogP contribution in [0.25, 0.3) is 0 Å². The van der Waals surface area contributed by atoms with E-state index in [9.17, 15) is 4.79 Å². The van der Waals surface area contributed by atoms with E-state index in [0.717, 1.165) is 32.4 Å². The van der Waals surface area contributed by atoms with E-state index in [2.05, 4.69) is 16.3 Å². The number of nitrogens with zero attached hydrogens (tertiary/aromatic N) is 1. The van der Waals surface area contributed by atoms with Crippen molar-refractivity contribution in [3.8, 4) is 0 Å². The maximum atomic E-state index is 11.5. The van der Waals surface area contributed by atoms with Crippen molar-refractivity contribution < 1.29 is 4.79 Å². The Morgan fingerprint density at radius 1 is 1.38 bits per heavy atom. The average molecular weight is 235 g/mol. The van der Waals surface area contributed by atoms with E-state index in [1.807, 2.05) is 11.3 Å². The Kier molecular flexibility index (Phi) is 2.82. The van der Waals surface area contributed by atoms with Gasteiger partial charge in [0.15, 0.2) is 0 Å². The number of fused-ring (bicyclic) bond motifs is 1. The maximum Gasteiger partial charge on any atom is 0.134 e. The molecule has 1 aromatic rings. The zero-order chi connectivity index (χ0) is 11.0. The zero-order valence-corrected chi connectivity index (χ0v) is 10.3. The molecule has 0 saturated heterocycles. The highest BCUT2D eigenvalue weighted by Crippen LogP contribution is 2.29. The molecule has 1 atom stereocenters. The van der Waals surface area contributed by atoms with Gasteiger partial charge < -0.3 is 0 Å². The lowest BCUT2D eigenvalue weighted by Gasteiger charge is -2.36. The van der Waals surface area contributed by atoms with Crippen LogP contribution in [-0.2, 0) is 17.8 Å². The second-order valence-corrected chi connectivity index (χ2v) is 5.88. The number of carbonyl (C=O) groups is 1. The van der Waals surface area contributed by atoms with Crippen molar-refractivity contribution in [2.45, 2.75) is 44.7 Å². The molecule has 86 valence electrons. The molecule has 1 fully saturated rings. The Morgan fingerprint density at radius 2 is 2.31 bits per heavy atom. The van der Waals surface area contributed by atoms with E-state index in [0.29, 0.717) is 11.8 Å². The highest BCUT2D eigenvalue weighted by molar-refractivity contribution is 7.10. The van der Waals surface area contributed by atoms with Gasteiger partial charge in [-0.1, -0.05) is 0 Å². The minimum atomic E-state index is 0.465. The molecular formula is C13H17NOS. The van der Waals surface area contributed by atoms with Crippen LogP contribution in [0.5, 0.6) is 0 Å². The van der Waals surface area contributed by atoms with Crippen LogP contribution in [0.3, 0.4) is 0 Å². The minimum Gasteiger partial charge on any atom is -0.300 e. The molecule has 1 saturated carbocycles. The minimum absolute atomic E-state index is 0.465. The zero-order valence-electron chi connectivity index (χ0n) is 9.45. The molecule has 2 heterocycles. The first-order chi connectivity index (χ1) is 7.83. The molecule has 0 N–H and O–H groups in total. The quantitative estimate of drug-likeness (QED) is 0.746. The van der Waals surface area contributed by atoms with Crippen molar-refractivity contribution in [3.63, 3.8) is 0 Å². The van der Waals surface area contributed by atoms with Crippen molar-refractivity contribution in [2.24, 2.45) is 0 Å². The molecule has 3 heteroatoms. The number of ketones is 1. The van der Waals surface area contributed by atoms with Crippen LogP contribution in [-0.4, -0.2) is 23.3 Å². The summed E-state index contributed by atoms with van der Waals surface area (Å²) >= 11 is 1.88. The van der Waals surface area contributed by atoms with Crippen LogP contribution in [0.2, 0.25) is 0 Å². The third kappa shape index (κ3) is 1.94. The lowest BCUT2D eigenvalue weighted by atomic mass is 9.92. The number of hydrogen-bond acceptors (Lipinski definition) is 3.